The molecule has 32 heavy (non-hydrogen) atoms. The first-order valence-electron chi connectivity index (χ1n) is 8.60. The number of carbonyl (C=O) groups excluding carboxylic acids is 2. The van der Waals surface area contributed by atoms with E-state index >= 15 is 0 Å². The van der Waals surface area contributed by atoms with E-state index in [9.17, 15) is 9.59 Å². The molecule has 0 aromatic rings. The maximum absolute atomic E-state index is 10.8. The summed E-state index contributed by atoms with van der Waals surface area (Å²) in [7, 11) is 0. The molecule has 0 aliphatic heterocycles. The predicted molar refractivity (Wildman–Crippen MR) is 153 cm³/mol. The second kappa shape index (κ2) is 126. The lowest BCUT2D eigenvalue weighted by atomic mass is 10.4. The normalized spacial score (nSPS) is 5.06. The largest absolute Gasteiger partial charge is 0.459 e. The van der Waals surface area contributed by atoms with E-state index in [1.807, 2.05) is 0 Å². The first-order chi connectivity index (χ1) is 15.4. The van der Waals surface area contributed by atoms with E-state index in [-0.39, 0.29) is 13.2 Å². The van der Waals surface area contributed by atoms with E-state index in [1.54, 1.807) is 13.8 Å². The number of hydrogen-bond donors (Lipinski definition) is 0. The Labute approximate surface area is 201 Å². The van der Waals surface area contributed by atoms with Crippen molar-refractivity contribution in [2.45, 2.75) is 13.8 Å². The summed E-state index contributed by atoms with van der Waals surface area (Å²) in [6.45, 7) is 64.0. The van der Waals surface area contributed by atoms with E-state index in [0.717, 1.165) is 0 Å². The summed E-state index contributed by atoms with van der Waals surface area (Å²) in [5.74, 6) is -0.979. The van der Waals surface area contributed by atoms with Crippen LogP contribution in [0.1, 0.15) is 13.8 Å². The molecular weight excluding hydrogens is 400 g/mol. The van der Waals surface area contributed by atoms with Crippen molar-refractivity contribution in [1.82, 2.24) is 0 Å². The van der Waals surface area contributed by atoms with Gasteiger partial charge in [-0.05, 0) is 13.8 Å². The predicted octanol–water partition coefficient (Wildman–Crippen LogP) is 8.44. The van der Waals surface area contributed by atoms with Gasteiger partial charge in [0, 0.05) is 11.1 Å². The average molecular weight is 451 g/mol. The molecule has 0 atom stereocenters. The van der Waals surface area contributed by atoms with Crippen LogP contribution in [0.15, 0.2) is 143 Å². The van der Waals surface area contributed by atoms with Gasteiger partial charge in [0.2, 0.25) is 0 Å². The molecule has 0 spiro atoms. The molecule has 0 saturated carbocycles. The average Bonchev–Trinajstić information content (AvgIpc) is 2.92. The van der Waals surface area contributed by atoms with E-state index in [4.69, 9.17) is 0 Å². The highest BCUT2D eigenvalue weighted by atomic mass is 16.6. The second-order valence-electron chi connectivity index (χ2n) is 2.83. The summed E-state index contributed by atoms with van der Waals surface area (Å²) >= 11 is 0. The van der Waals surface area contributed by atoms with Crippen molar-refractivity contribution in [2.75, 3.05) is 13.2 Å². The van der Waals surface area contributed by atoms with Gasteiger partial charge >= 0.3 is 11.9 Å². The molecule has 0 rings (SSSR count). The zero-order chi connectivity index (χ0) is 29.1. The first-order valence-corrected chi connectivity index (χ1v) is 8.60. The minimum atomic E-state index is -0.489. The number of rotatable bonds is 5. The molecule has 0 bridgehead atoms. The molecular formula is C28H50O4. The smallest absolute Gasteiger partial charge is 0.333 e. The van der Waals surface area contributed by atoms with Crippen LogP contribution in [0.5, 0.6) is 0 Å². The van der Waals surface area contributed by atoms with Gasteiger partial charge in [0.05, 0.1) is 0 Å². The lowest BCUT2D eigenvalue weighted by Gasteiger charge is -2.05. The number of carbonyl (C=O) groups is 2. The Bertz CT molecular complexity index is 330. The highest BCUT2D eigenvalue weighted by molar-refractivity contribution is 5.87. The van der Waals surface area contributed by atoms with Gasteiger partial charge in [-0.25, -0.2) is 9.59 Å². The van der Waals surface area contributed by atoms with Gasteiger partial charge in [0.25, 0.3) is 0 Å². The summed E-state index contributed by atoms with van der Waals surface area (Å²) in [4.78, 5) is 21.7. The Morgan fingerprint density at radius 2 is 0.562 bits per heavy atom. The molecule has 4 nitrogen and oxygen atoms in total. The molecule has 0 radical (unpaired) electrons. The van der Waals surface area contributed by atoms with E-state index in [1.165, 1.54) is 0 Å². The van der Waals surface area contributed by atoms with Gasteiger partial charge in [-0.2, -0.15) is 0 Å². The Kier molecular flexibility index (Phi) is 248. The Balaban J connectivity index is -0.0000000281. The van der Waals surface area contributed by atoms with E-state index in [0.29, 0.717) is 11.1 Å². The quantitative estimate of drug-likeness (QED) is 0.182. The second-order valence-corrected chi connectivity index (χ2v) is 2.83. The third-order valence-electron chi connectivity index (χ3n) is 1.25. The molecule has 0 fully saturated rings. The fourth-order valence-corrected chi connectivity index (χ4v) is 0.515. The summed E-state index contributed by atoms with van der Waals surface area (Å²) in [6, 6.07) is 0. The van der Waals surface area contributed by atoms with Crippen molar-refractivity contribution >= 4 is 11.9 Å². The molecule has 0 amide bonds. The third kappa shape index (κ3) is 134. The maximum atomic E-state index is 10.8. The molecule has 0 aliphatic rings. The van der Waals surface area contributed by atoms with Gasteiger partial charge in [0.1, 0.15) is 13.2 Å². The van der Waals surface area contributed by atoms with Gasteiger partial charge in [-0.1, -0.05) is 13.2 Å². The monoisotopic (exact) mass is 450 g/mol. The van der Waals surface area contributed by atoms with Crippen LogP contribution in [-0.4, -0.2) is 25.2 Å². The van der Waals surface area contributed by atoms with Crippen molar-refractivity contribution in [3.8, 4) is 0 Å². The lowest BCUT2D eigenvalue weighted by Crippen LogP contribution is -2.14. The van der Waals surface area contributed by atoms with Crippen LogP contribution in [0.25, 0.3) is 0 Å². The van der Waals surface area contributed by atoms with E-state index in [2.05, 4.69) is 141 Å². The molecule has 186 valence electrons. The maximum Gasteiger partial charge on any atom is 0.333 e. The molecule has 0 aromatic carbocycles. The van der Waals surface area contributed by atoms with Gasteiger partial charge in [-0.3, -0.25) is 0 Å². The molecule has 4 heteroatoms. The number of ether oxygens (including phenoxy) is 2. The first kappa shape index (κ1) is 63.0. The molecule has 0 unspecified atom stereocenters. The number of hydrogen-bond acceptors (Lipinski definition) is 4. The van der Waals surface area contributed by atoms with Gasteiger partial charge < -0.3 is 9.47 Å². The molecule has 0 aromatic heterocycles. The molecule has 0 N–H and O–H groups in total. The lowest BCUT2D eigenvalue weighted by molar-refractivity contribution is -0.147. The highest BCUT2D eigenvalue weighted by Gasteiger charge is 2.05. The van der Waals surface area contributed by atoms with Crippen molar-refractivity contribution in [3.05, 3.63) is 143 Å². The Hall–Kier alpha value is -3.92. The summed E-state index contributed by atoms with van der Waals surface area (Å²) < 4.78 is 9.38. The van der Waals surface area contributed by atoms with Crippen molar-refractivity contribution in [1.29, 1.82) is 0 Å². The minimum absolute atomic E-state index is 0.0325. The minimum Gasteiger partial charge on any atom is -0.459 e. The molecule has 0 saturated heterocycles. The van der Waals surface area contributed by atoms with Crippen LogP contribution in [-0.2, 0) is 19.1 Å². The van der Waals surface area contributed by atoms with Crippen LogP contribution >= 0.6 is 0 Å². The van der Waals surface area contributed by atoms with Crippen LogP contribution < -0.4 is 0 Å². The standard InChI is InChI=1S/C10H14O4.9C2H4/c1-7(2)9(11)13-5-6-14-10(12)8(3)4;9*1-2/h1,3,5-6H2,2,4H3;9*1-2H2. The number of esters is 2. The van der Waals surface area contributed by atoms with Crippen LogP contribution in [0.4, 0.5) is 0 Å². The molecule has 0 heterocycles. The third-order valence-corrected chi connectivity index (χ3v) is 1.25. The van der Waals surface area contributed by atoms with Crippen LogP contribution in [0.2, 0.25) is 0 Å². The summed E-state index contributed by atoms with van der Waals surface area (Å²) in [5.41, 5.74) is 0.632. The van der Waals surface area contributed by atoms with Crippen LogP contribution in [0.3, 0.4) is 0 Å². The summed E-state index contributed by atoms with van der Waals surface area (Å²) in [6.07, 6.45) is 0. The van der Waals surface area contributed by atoms with E-state index < -0.39 is 11.9 Å². The fraction of sp³-hybridized carbons (Fsp3) is 0.143. The van der Waals surface area contributed by atoms with Crippen LogP contribution in [0, 0.1) is 0 Å². The Morgan fingerprint density at radius 3 is 0.656 bits per heavy atom. The zero-order valence-corrected chi connectivity index (χ0v) is 21.2. The van der Waals surface area contributed by atoms with Gasteiger partial charge in [-0.15, -0.1) is 118 Å². The Morgan fingerprint density at radius 1 is 0.438 bits per heavy atom. The topological polar surface area (TPSA) is 52.6 Å². The van der Waals surface area contributed by atoms with Crippen molar-refractivity contribution < 1.29 is 19.1 Å². The zero-order valence-electron chi connectivity index (χ0n) is 21.2. The fourth-order valence-electron chi connectivity index (χ4n) is 0.515. The van der Waals surface area contributed by atoms with Gasteiger partial charge in [0.15, 0.2) is 0 Å². The summed E-state index contributed by atoms with van der Waals surface area (Å²) in [5, 5.41) is 0. The van der Waals surface area contributed by atoms with Crippen molar-refractivity contribution in [2.24, 2.45) is 0 Å². The molecule has 0 aliphatic carbocycles. The highest BCUT2D eigenvalue weighted by Crippen LogP contribution is 1.94. The SMILES string of the molecule is C=C.C=C.C=C.C=C.C=C.C=C.C=C.C=C.C=C.C=C(C)C(=O)OCCOC(=O)C(=C)C. The van der Waals surface area contributed by atoms with Crippen molar-refractivity contribution in [3.63, 3.8) is 0 Å².